The highest BCUT2D eigenvalue weighted by atomic mass is 16.4. The molecule has 3 unspecified atom stereocenters. The second kappa shape index (κ2) is 6.85. The summed E-state index contributed by atoms with van der Waals surface area (Å²) in [5.41, 5.74) is -0.473. The Hall–Kier alpha value is -1.45. The predicted molar refractivity (Wildman–Crippen MR) is 132 cm³/mol. The van der Waals surface area contributed by atoms with Gasteiger partial charge in [0.15, 0.2) is 5.78 Å². The summed E-state index contributed by atoms with van der Waals surface area (Å²) in [5.74, 6) is -0.0662. The molecule has 0 amide bonds. The highest BCUT2D eigenvalue weighted by molar-refractivity contribution is 5.96. The molecule has 34 heavy (non-hydrogen) atoms. The van der Waals surface area contributed by atoms with Gasteiger partial charge < -0.3 is 5.11 Å². The van der Waals surface area contributed by atoms with Crippen LogP contribution in [0.1, 0.15) is 106 Å². The van der Waals surface area contributed by atoms with Crippen LogP contribution in [-0.2, 0) is 14.4 Å². The summed E-state index contributed by atoms with van der Waals surface area (Å²) < 4.78 is 0. The van der Waals surface area contributed by atoms with Crippen molar-refractivity contribution in [1.82, 2.24) is 0 Å². The molecule has 5 rings (SSSR count). The van der Waals surface area contributed by atoms with E-state index in [1.165, 1.54) is 0 Å². The third-order valence-corrected chi connectivity index (χ3v) is 12.5. The van der Waals surface area contributed by atoms with Crippen LogP contribution in [0.3, 0.4) is 0 Å². The topological polar surface area (TPSA) is 71.4 Å². The molecule has 4 fully saturated rings. The molecule has 0 saturated heterocycles. The number of rotatable bonds is 1. The van der Waals surface area contributed by atoms with Crippen LogP contribution in [0.15, 0.2) is 11.6 Å². The van der Waals surface area contributed by atoms with Gasteiger partial charge in [-0.2, -0.15) is 0 Å². The fourth-order valence-electron chi connectivity index (χ4n) is 10.3. The number of carbonyl (C=O) groups excluding carboxylic acids is 2. The van der Waals surface area contributed by atoms with Crippen molar-refractivity contribution in [1.29, 1.82) is 0 Å². The first-order valence-electron chi connectivity index (χ1n) is 13.6. The van der Waals surface area contributed by atoms with Crippen LogP contribution in [0.4, 0.5) is 0 Å². The molecule has 0 bridgehead atoms. The van der Waals surface area contributed by atoms with Gasteiger partial charge >= 0.3 is 5.97 Å². The first kappa shape index (κ1) is 24.3. The van der Waals surface area contributed by atoms with E-state index in [2.05, 4.69) is 48.5 Å². The Bertz CT molecular complexity index is 1000. The van der Waals surface area contributed by atoms with Crippen molar-refractivity contribution in [3.63, 3.8) is 0 Å². The Kier molecular flexibility index (Phi) is 4.89. The average molecular weight is 469 g/mol. The first-order valence-corrected chi connectivity index (χ1v) is 13.6. The number of allylic oxidation sites excluding steroid dienone is 2. The first-order chi connectivity index (χ1) is 15.6. The largest absolute Gasteiger partial charge is 0.481 e. The lowest BCUT2D eigenvalue weighted by atomic mass is 9.33. The molecule has 4 heteroatoms. The van der Waals surface area contributed by atoms with Gasteiger partial charge in [-0.25, -0.2) is 0 Å². The highest BCUT2D eigenvalue weighted by Gasteiger charge is 2.71. The molecule has 5 aliphatic carbocycles. The normalized spacial score (nSPS) is 49.1. The SMILES string of the molecule is CC1(C)CC[C@]2(C(=O)O)CC[C@]3(C)C(=CC(=O)C4[C@@]5(C)CCC(=O)C(C)(C)C5CC[C@]43C)C2C1. The van der Waals surface area contributed by atoms with Gasteiger partial charge in [-0.3, -0.25) is 14.4 Å². The van der Waals surface area contributed by atoms with Crippen LogP contribution in [0.5, 0.6) is 0 Å². The fourth-order valence-corrected chi connectivity index (χ4v) is 10.3. The quantitative estimate of drug-likeness (QED) is 0.469. The molecule has 0 spiro atoms. The summed E-state index contributed by atoms with van der Waals surface area (Å²) in [5, 5.41) is 10.5. The van der Waals surface area contributed by atoms with Crippen molar-refractivity contribution in [3.8, 4) is 0 Å². The van der Waals surface area contributed by atoms with Crippen LogP contribution < -0.4 is 0 Å². The van der Waals surface area contributed by atoms with Crippen molar-refractivity contribution in [2.75, 3.05) is 0 Å². The Morgan fingerprint density at radius 2 is 1.56 bits per heavy atom. The molecule has 4 saturated carbocycles. The molecule has 0 aromatic rings. The maximum atomic E-state index is 14.2. The Morgan fingerprint density at radius 3 is 2.21 bits per heavy atom. The van der Waals surface area contributed by atoms with Gasteiger partial charge in [0, 0.05) is 17.8 Å². The minimum absolute atomic E-state index is 0.0656. The fraction of sp³-hybridized carbons (Fsp3) is 0.833. The van der Waals surface area contributed by atoms with Crippen molar-refractivity contribution >= 4 is 17.5 Å². The van der Waals surface area contributed by atoms with Gasteiger partial charge in [0.1, 0.15) is 5.78 Å². The van der Waals surface area contributed by atoms with E-state index in [1.807, 2.05) is 6.08 Å². The Morgan fingerprint density at radius 1 is 0.912 bits per heavy atom. The standard InChI is InChI=1S/C30H44O4/c1-25(2)12-14-30(24(33)34)15-13-28(6)18(19(30)17-25)16-20(31)23-27(5)10-9-22(32)26(3,4)21(27)8-11-29(23,28)7/h16,19,21,23H,8-15,17H2,1-7H3,(H,33,34)/t19?,21?,23?,27-,28+,29+,30-/m0/s1. The van der Waals surface area contributed by atoms with Gasteiger partial charge in [-0.1, -0.05) is 54.0 Å². The average Bonchev–Trinajstić information content (AvgIpc) is 2.72. The van der Waals surface area contributed by atoms with Crippen molar-refractivity contribution in [2.24, 2.45) is 50.2 Å². The van der Waals surface area contributed by atoms with E-state index in [4.69, 9.17) is 0 Å². The summed E-state index contributed by atoms with van der Waals surface area (Å²) in [6.07, 6.45) is 9.22. The smallest absolute Gasteiger partial charge is 0.310 e. The number of carboxylic acids is 1. The van der Waals surface area contributed by atoms with E-state index >= 15 is 0 Å². The maximum Gasteiger partial charge on any atom is 0.310 e. The molecule has 0 heterocycles. The van der Waals surface area contributed by atoms with Crippen molar-refractivity contribution in [3.05, 3.63) is 11.6 Å². The van der Waals surface area contributed by atoms with Gasteiger partial charge in [0.05, 0.1) is 5.41 Å². The molecule has 5 aliphatic rings. The summed E-state index contributed by atoms with van der Waals surface area (Å²) in [6, 6.07) is 0. The van der Waals surface area contributed by atoms with E-state index in [0.717, 1.165) is 44.1 Å². The molecule has 0 aromatic carbocycles. The monoisotopic (exact) mass is 468 g/mol. The van der Waals surface area contributed by atoms with Gasteiger partial charge in [0.25, 0.3) is 0 Å². The molecule has 7 atom stereocenters. The molecule has 0 radical (unpaired) electrons. The number of hydrogen-bond donors (Lipinski definition) is 1. The second-order valence-electron chi connectivity index (χ2n) is 14.8. The number of carbonyl (C=O) groups is 3. The number of aliphatic carboxylic acids is 1. The summed E-state index contributed by atoms with van der Waals surface area (Å²) in [6.45, 7) is 15.7. The summed E-state index contributed by atoms with van der Waals surface area (Å²) in [4.78, 5) is 39.8. The number of hydrogen-bond acceptors (Lipinski definition) is 3. The third kappa shape index (κ3) is 2.75. The highest BCUT2D eigenvalue weighted by Crippen LogP contribution is 2.74. The van der Waals surface area contributed by atoms with Crippen LogP contribution in [-0.4, -0.2) is 22.6 Å². The lowest BCUT2D eigenvalue weighted by Gasteiger charge is -2.69. The molecule has 0 aromatic heterocycles. The number of Topliss-reactive ketones (excluding diaryl/α,β-unsaturated/α-hetero) is 1. The van der Waals surface area contributed by atoms with Crippen LogP contribution in [0.25, 0.3) is 0 Å². The van der Waals surface area contributed by atoms with E-state index < -0.39 is 16.8 Å². The van der Waals surface area contributed by atoms with Crippen molar-refractivity contribution < 1.29 is 19.5 Å². The third-order valence-electron chi connectivity index (χ3n) is 12.5. The lowest BCUT2D eigenvalue weighted by molar-refractivity contribution is -0.191. The summed E-state index contributed by atoms with van der Waals surface area (Å²) in [7, 11) is 0. The van der Waals surface area contributed by atoms with E-state index in [1.54, 1.807) is 0 Å². The zero-order chi connectivity index (χ0) is 25.1. The zero-order valence-electron chi connectivity index (χ0n) is 22.3. The lowest BCUT2D eigenvalue weighted by Crippen LogP contribution is -2.66. The predicted octanol–water partition coefficient (Wildman–Crippen LogP) is 6.62. The van der Waals surface area contributed by atoms with E-state index in [0.29, 0.717) is 25.0 Å². The van der Waals surface area contributed by atoms with Gasteiger partial charge in [-0.05, 0) is 90.9 Å². The number of ketones is 2. The minimum Gasteiger partial charge on any atom is -0.481 e. The van der Waals surface area contributed by atoms with E-state index in [-0.39, 0.29) is 45.2 Å². The molecular weight excluding hydrogens is 424 g/mol. The van der Waals surface area contributed by atoms with E-state index in [9.17, 15) is 19.5 Å². The molecule has 188 valence electrons. The molecule has 0 aliphatic heterocycles. The van der Waals surface area contributed by atoms with Gasteiger partial charge in [-0.15, -0.1) is 0 Å². The second-order valence-corrected chi connectivity index (χ2v) is 14.8. The van der Waals surface area contributed by atoms with Crippen molar-refractivity contribution in [2.45, 2.75) is 106 Å². The number of carboxylic acid groups (broad SMARTS) is 1. The van der Waals surface area contributed by atoms with Crippen LogP contribution in [0, 0.1) is 50.2 Å². The Labute approximate surface area is 205 Å². The summed E-state index contributed by atoms with van der Waals surface area (Å²) >= 11 is 0. The molecule has 1 N–H and O–H groups in total. The molecule has 4 nitrogen and oxygen atoms in total. The van der Waals surface area contributed by atoms with Crippen LogP contribution >= 0.6 is 0 Å². The molecular formula is C30H44O4. The number of fused-ring (bicyclic) bond motifs is 7. The van der Waals surface area contributed by atoms with Crippen LogP contribution in [0.2, 0.25) is 0 Å². The minimum atomic E-state index is -0.731. The maximum absolute atomic E-state index is 14.2. The zero-order valence-corrected chi connectivity index (χ0v) is 22.3. The Balaban J connectivity index is 1.66. The van der Waals surface area contributed by atoms with Gasteiger partial charge in [0.2, 0.25) is 0 Å².